The summed E-state index contributed by atoms with van der Waals surface area (Å²) < 4.78 is 0. The van der Waals surface area contributed by atoms with Gasteiger partial charge >= 0.3 is 0 Å². The molecule has 3 heteroatoms. The molecule has 0 heterocycles. The molecule has 0 saturated carbocycles. The molecular weight excluding hydrogens is 322 g/mol. The smallest absolute Gasteiger partial charge is 0.212 e. The second-order valence-corrected chi connectivity index (χ2v) is 6.10. The van der Waals surface area contributed by atoms with Gasteiger partial charge in [-0.1, -0.05) is 96.2 Å². The lowest BCUT2D eigenvalue weighted by Crippen LogP contribution is -2.31. The van der Waals surface area contributed by atoms with E-state index in [0.717, 1.165) is 16.7 Å². The number of benzene rings is 3. The molecule has 0 atom stereocenters. The van der Waals surface area contributed by atoms with Crippen molar-refractivity contribution in [1.29, 1.82) is 0 Å². The van der Waals surface area contributed by atoms with Crippen molar-refractivity contribution in [2.75, 3.05) is 0 Å². The number of rotatable bonds is 6. The van der Waals surface area contributed by atoms with Crippen LogP contribution in [0.25, 0.3) is 0 Å². The third-order valence-corrected chi connectivity index (χ3v) is 4.37. The predicted molar refractivity (Wildman–Crippen MR) is 104 cm³/mol. The van der Waals surface area contributed by atoms with Gasteiger partial charge < -0.3 is 4.84 Å². The van der Waals surface area contributed by atoms with Crippen molar-refractivity contribution in [2.45, 2.75) is 19.4 Å². The van der Waals surface area contributed by atoms with Crippen LogP contribution in [-0.2, 0) is 15.2 Å². The van der Waals surface area contributed by atoms with Gasteiger partial charge in [0.1, 0.15) is 5.71 Å². The Labute approximate surface area is 153 Å². The van der Waals surface area contributed by atoms with Gasteiger partial charge in [-0.05, 0) is 6.92 Å². The average Bonchev–Trinajstić information content (AvgIpc) is 2.70. The molecule has 3 rings (SSSR count). The van der Waals surface area contributed by atoms with Crippen molar-refractivity contribution >= 4 is 11.5 Å². The summed E-state index contributed by atoms with van der Waals surface area (Å²) in [6.45, 7) is 3.14. The monoisotopic (exact) mass is 343 g/mol. The van der Waals surface area contributed by atoms with Gasteiger partial charge in [0, 0.05) is 23.6 Å². The molecular formula is C23H21NO2. The fourth-order valence-electron chi connectivity index (χ4n) is 2.88. The van der Waals surface area contributed by atoms with Crippen LogP contribution in [0, 0.1) is 0 Å². The van der Waals surface area contributed by atoms with E-state index in [4.69, 9.17) is 4.84 Å². The molecule has 0 unspecified atom stereocenters. The quantitative estimate of drug-likeness (QED) is 0.360. The largest absolute Gasteiger partial charge is 0.374 e. The maximum absolute atomic E-state index is 11.7. The number of carbonyl (C=O) groups excluding carboxylic acids is 1. The van der Waals surface area contributed by atoms with E-state index < -0.39 is 5.60 Å². The molecule has 0 bridgehead atoms. The van der Waals surface area contributed by atoms with Crippen molar-refractivity contribution in [1.82, 2.24) is 0 Å². The molecule has 0 amide bonds. The van der Waals surface area contributed by atoms with Gasteiger partial charge in [0.2, 0.25) is 5.60 Å². The third-order valence-electron chi connectivity index (χ3n) is 4.37. The maximum Gasteiger partial charge on any atom is 0.212 e. The topological polar surface area (TPSA) is 38.7 Å². The van der Waals surface area contributed by atoms with E-state index in [1.807, 2.05) is 91.0 Å². The van der Waals surface area contributed by atoms with Gasteiger partial charge in [-0.2, -0.15) is 0 Å². The van der Waals surface area contributed by atoms with Crippen LogP contribution in [-0.4, -0.2) is 11.5 Å². The molecule has 0 spiro atoms. The van der Waals surface area contributed by atoms with E-state index in [1.165, 1.54) is 6.92 Å². The molecule has 0 radical (unpaired) electrons. The van der Waals surface area contributed by atoms with E-state index in [2.05, 4.69) is 5.16 Å². The molecule has 0 fully saturated rings. The van der Waals surface area contributed by atoms with Crippen LogP contribution in [0.15, 0.2) is 96.2 Å². The molecule has 130 valence electrons. The van der Waals surface area contributed by atoms with Gasteiger partial charge in [0.15, 0.2) is 5.78 Å². The van der Waals surface area contributed by atoms with Crippen molar-refractivity contribution < 1.29 is 9.63 Å². The molecule has 0 saturated heterocycles. The molecule has 26 heavy (non-hydrogen) atoms. The molecule has 3 aromatic carbocycles. The van der Waals surface area contributed by atoms with Crippen LogP contribution in [0.3, 0.4) is 0 Å². The minimum atomic E-state index is -0.944. The summed E-state index contributed by atoms with van der Waals surface area (Å²) in [5, 5.41) is 4.19. The summed E-state index contributed by atoms with van der Waals surface area (Å²) in [5.74, 6) is -0.118. The number of carbonyl (C=O) groups is 1. The summed E-state index contributed by atoms with van der Waals surface area (Å²) in [4.78, 5) is 17.8. The second kappa shape index (κ2) is 7.79. The first-order chi connectivity index (χ1) is 12.6. The van der Waals surface area contributed by atoms with Crippen molar-refractivity contribution in [3.63, 3.8) is 0 Å². The Hall–Kier alpha value is -3.20. The Morgan fingerprint density at radius 3 is 1.35 bits per heavy atom. The van der Waals surface area contributed by atoms with E-state index >= 15 is 0 Å². The number of hydrogen-bond acceptors (Lipinski definition) is 3. The van der Waals surface area contributed by atoms with Crippen LogP contribution in [0.2, 0.25) is 0 Å². The van der Waals surface area contributed by atoms with Gasteiger partial charge in [0.25, 0.3) is 0 Å². The molecule has 0 aromatic heterocycles. The van der Waals surface area contributed by atoms with Crippen molar-refractivity contribution in [3.05, 3.63) is 108 Å². The summed E-state index contributed by atoms with van der Waals surface area (Å²) in [5.41, 5.74) is 2.21. The maximum atomic E-state index is 11.7. The average molecular weight is 343 g/mol. The highest BCUT2D eigenvalue weighted by Crippen LogP contribution is 2.40. The Morgan fingerprint density at radius 2 is 1.04 bits per heavy atom. The summed E-state index contributed by atoms with van der Waals surface area (Å²) in [6.07, 6.45) is 0. The number of hydrogen-bond donors (Lipinski definition) is 0. The number of nitrogens with zero attached hydrogens (tertiary/aromatic N) is 1. The summed E-state index contributed by atoms with van der Waals surface area (Å²) >= 11 is 0. The molecule has 3 aromatic rings. The Balaban J connectivity index is 2.28. The first kappa shape index (κ1) is 17.6. The Bertz CT molecular complexity index is 791. The number of ketones is 1. The lowest BCUT2D eigenvalue weighted by Gasteiger charge is -2.33. The van der Waals surface area contributed by atoms with E-state index in [0.29, 0.717) is 5.71 Å². The molecule has 0 aliphatic rings. The highest BCUT2D eigenvalue weighted by Gasteiger charge is 2.39. The SMILES string of the molecule is CC(=O)/C(C)=N/OC(c1ccccc1)(c1ccccc1)c1ccccc1. The summed E-state index contributed by atoms with van der Waals surface area (Å²) in [6, 6.07) is 29.8. The minimum absolute atomic E-state index is 0.118. The fraction of sp³-hybridized carbons (Fsp3) is 0.130. The molecule has 0 N–H and O–H groups in total. The normalized spacial score (nSPS) is 11.8. The third kappa shape index (κ3) is 3.42. The Kier molecular flexibility index (Phi) is 5.28. The van der Waals surface area contributed by atoms with Gasteiger partial charge in [0.05, 0.1) is 0 Å². The highest BCUT2D eigenvalue weighted by molar-refractivity contribution is 6.37. The first-order valence-electron chi connectivity index (χ1n) is 8.55. The zero-order valence-corrected chi connectivity index (χ0v) is 14.9. The van der Waals surface area contributed by atoms with Crippen LogP contribution in [0.1, 0.15) is 30.5 Å². The second-order valence-electron chi connectivity index (χ2n) is 6.10. The molecule has 0 aliphatic carbocycles. The van der Waals surface area contributed by atoms with E-state index in [1.54, 1.807) is 6.92 Å². The zero-order valence-electron chi connectivity index (χ0n) is 14.9. The molecule has 3 nitrogen and oxygen atoms in total. The minimum Gasteiger partial charge on any atom is -0.374 e. The fourth-order valence-corrected chi connectivity index (χ4v) is 2.88. The number of Topliss-reactive ketones (excluding diaryl/α,β-unsaturated/α-hetero) is 1. The summed E-state index contributed by atoms with van der Waals surface area (Å²) in [7, 11) is 0. The lowest BCUT2D eigenvalue weighted by molar-refractivity contribution is -0.111. The zero-order chi connectivity index (χ0) is 18.4. The van der Waals surface area contributed by atoms with E-state index in [9.17, 15) is 4.79 Å². The number of oxime groups is 1. The van der Waals surface area contributed by atoms with Gasteiger partial charge in [-0.3, -0.25) is 4.79 Å². The van der Waals surface area contributed by atoms with Crippen LogP contribution in [0.4, 0.5) is 0 Å². The van der Waals surface area contributed by atoms with E-state index in [-0.39, 0.29) is 5.78 Å². The Morgan fingerprint density at radius 1 is 0.692 bits per heavy atom. The first-order valence-corrected chi connectivity index (χ1v) is 8.55. The van der Waals surface area contributed by atoms with Crippen LogP contribution >= 0.6 is 0 Å². The predicted octanol–water partition coefficient (Wildman–Crippen LogP) is 4.96. The van der Waals surface area contributed by atoms with Gasteiger partial charge in [-0.15, -0.1) is 0 Å². The van der Waals surface area contributed by atoms with Crippen LogP contribution < -0.4 is 0 Å². The van der Waals surface area contributed by atoms with Crippen molar-refractivity contribution in [3.8, 4) is 0 Å². The van der Waals surface area contributed by atoms with Crippen LogP contribution in [0.5, 0.6) is 0 Å². The lowest BCUT2D eigenvalue weighted by atomic mass is 9.80. The standard InChI is InChI=1S/C23H21NO2/c1-18(19(2)25)24-26-23(20-12-6-3-7-13-20,21-14-8-4-9-15-21)22-16-10-5-11-17-22/h3-17H,1-2H3/b24-18+. The highest BCUT2D eigenvalue weighted by atomic mass is 16.7. The van der Waals surface area contributed by atoms with Crippen molar-refractivity contribution in [2.24, 2.45) is 5.16 Å². The van der Waals surface area contributed by atoms with Gasteiger partial charge in [-0.25, -0.2) is 0 Å². The molecule has 0 aliphatic heterocycles.